The highest BCUT2D eigenvalue weighted by Gasteiger charge is 2.31. The van der Waals surface area contributed by atoms with Crippen LogP contribution in [0.5, 0.6) is 0 Å². The van der Waals surface area contributed by atoms with Gasteiger partial charge in [-0.15, -0.1) is 0 Å². The summed E-state index contributed by atoms with van der Waals surface area (Å²) >= 11 is 0. The van der Waals surface area contributed by atoms with Crippen molar-refractivity contribution in [2.24, 2.45) is 0 Å². The van der Waals surface area contributed by atoms with Crippen molar-refractivity contribution in [1.29, 1.82) is 0 Å². The normalized spacial score (nSPS) is 19.4. The van der Waals surface area contributed by atoms with E-state index in [-0.39, 0.29) is 11.1 Å². The highest BCUT2D eigenvalue weighted by Crippen LogP contribution is 2.27. The number of carboxylic acids is 1. The maximum Gasteiger partial charge on any atom is 0.337 e. The van der Waals surface area contributed by atoms with Crippen molar-refractivity contribution < 1.29 is 9.90 Å². The fourth-order valence-electron chi connectivity index (χ4n) is 2.40. The largest absolute Gasteiger partial charge is 0.478 e. The molecule has 0 aliphatic carbocycles. The van der Waals surface area contributed by atoms with Crippen LogP contribution in [0, 0.1) is 0 Å². The standard InChI is InChI=1S/C14H21N3O2/c1-14(2)9-17(7-6-16(14)3)10-4-5-11(13(18)19)12(15)8-10/h4-5,8H,6-7,9,15H2,1-3H3,(H,18,19). The molecule has 2 rings (SSSR count). The first-order valence-corrected chi connectivity index (χ1v) is 6.40. The summed E-state index contributed by atoms with van der Waals surface area (Å²) in [4.78, 5) is 15.5. The number of carbonyl (C=O) groups is 1. The molecule has 5 nitrogen and oxygen atoms in total. The number of hydrogen-bond donors (Lipinski definition) is 2. The summed E-state index contributed by atoms with van der Waals surface area (Å²) < 4.78 is 0. The predicted molar refractivity (Wildman–Crippen MR) is 76.7 cm³/mol. The summed E-state index contributed by atoms with van der Waals surface area (Å²) in [5, 5.41) is 8.98. The van der Waals surface area contributed by atoms with Crippen molar-refractivity contribution in [3.8, 4) is 0 Å². The molecule has 5 heteroatoms. The first-order chi connectivity index (χ1) is 8.81. The Morgan fingerprint density at radius 3 is 2.58 bits per heavy atom. The van der Waals surface area contributed by atoms with E-state index in [1.807, 2.05) is 6.07 Å². The van der Waals surface area contributed by atoms with Crippen LogP contribution in [0.15, 0.2) is 18.2 Å². The minimum absolute atomic E-state index is 0.0957. The van der Waals surface area contributed by atoms with Gasteiger partial charge < -0.3 is 15.7 Å². The Kier molecular flexibility index (Phi) is 3.41. The summed E-state index contributed by atoms with van der Waals surface area (Å²) in [6.07, 6.45) is 0. The SMILES string of the molecule is CN1CCN(c2ccc(C(=O)O)c(N)c2)CC1(C)C. The topological polar surface area (TPSA) is 69.8 Å². The minimum atomic E-state index is -0.984. The van der Waals surface area contributed by atoms with Gasteiger partial charge in [-0.25, -0.2) is 4.79 Å². The number of nitrogen functional groups attached to an aromatic ring is 1. The molecule has 1 fully saturated rings. The third-order valence-corrected chi connectivity index (χ3v) is 3.95. The number of rotatable bonds is 2. The lowest BCUT2D eigenvalue weighted by molar-refractivity contribution is 0.0698. The van der Waals surface area contributed by atoms with Gasteiger partial charge in [0, 0.05) is 36.5 Å². The van der Waals surface area contributed by atoms with E-state index in [4.69, 9.17) is 10.8 Å². The number of hydrogen-bond acceptors (Lipinski definition) is 4. The lowest BCUT2D eigenvalue weighted by Crippen LogP contribution is -2.57. The Morgan fingerprint density at radius 2 is 2.05 bits per heavy atom. The quantitative estimate of drug-likeness (QED) is 0.791. The molecule has 0 saturated carbocycles. The summed E-state index contributed by atoms with van der Waals surface area (Å²) in [6.45, 7) is 7.21. The molecule has 1 heterocycles. The number of nitrogens with two attached hydrogens (primary N) is 1. The second-order valence-electron chi connectivity index (χ2n) is 5.73. The van der Waals surface area contributed by atoms with Crippen LogP contribution < -0.4 is 10.6 Å². The van der Waals surface area contributed by atoms with Gasteiger partial charge in [-0.3, -0.25) is 4.90 Å². The van der Waals surface area contributed by atoms with Crippen molar-refractivity contribution in [3.63, 3.8) is 0 Å². The molecule has 1 aliphatic rings. The lowest BCUT2D eigenvalue weighted by Gasteiger charge is -2.46. The van der Waals surface area contributed by atoms with Crippen LogP contribution in [0.2, 0.25) is 0 Å². The molecule has 0 unspecified atom stereocenters. The highest BCUT2D eigenvalue weighted by atomic mass is 16.4. The Hall–Kier alpha value is -1.75. The zero-order valence-electron chi connectivity index (χ0n) is 11.7. The molecule has 0 bridgehead atoms. The summed E-state index contributed by atoms with van der Waals surface area (Å²) in [6, 6.07) is 5.17. The average molecular weight is 263 g/mol. The van der Waals surface area contributed by atoms with Gasteiger partial charge in [-0.2, -0.15) is 0 Å². The van der Waals surface area contributed by atoms with Crippen molar-refractivity contribution in [2.75, 3.05) is 37.3 Å². The van der Waals surface area contributed by atoms with Crippen molar-refractivity contribution in [2.45, 2.75) is 19.4 Å². The molecular weight excluding hydrogens is 242 g/mol. The highest BCUT2D eigenvalue weighted by molar-refractivity contribution is 5.94. The van der Waals surface area contributed by atoms with Crippen LogP contribution in [-0.4, -0.2) is 48.2 Å². The number of anilines is 2. The second kappa shape index (κ2) is 4.74. The summed E-state index contributed by atoms with van der Waals surface area (Å²) in [5.41, 5.74) is 7.38. The van der Waals surface area contributed by atoms with Crippen molar-refractivity contribution in [3.05, 3.63) is 23.8 Å². The molecule has 104 valence electrons. The molecule has 19 heavy (non-hydrogen) atoms. The molecule has 1 saturated heterocycles. The molecule has 1 aromatic rings. The van der Waals surface area contributed by atoms with Crippen LogP contribution in [0.1, 0.15) is 24.2 Å². The molecule has 0 amide bonds. The Labute approximate surface area is 113 Å². The van der Waals surface area contributed by atoms with Gasteiger partial charge in [0.2, 0.25) is 0 Å². The molecule has 0 radical (unpaired) electrons. The zero-order chi connectivity index (χ0) is 14.2. The van der Waals surface area contributed by atoms with E-state index < -0.39 is 5.97 Å². The molecule has 0 aromatic heterocycles. The second-order valence-corrected chi connectivity index (χ2v) is 5.73. The van der Waals surface area contributed by atoms with Crippen LogP contribution >= 0.6 is 0 Å². The number of carboxylic acid groups (broad SMARTS) is 1. The first-order valence-electron chi connectivity index (χ1n) is 6.40. The summed E-state index contributed by atoms with van der Waals surface area (Å²) in [7, 11) is 2.12. The Bertz CT molecular complexity index is 499. The van der Waals surface area contributed by atoms with Gasteiger partial charge >= 0.3 is 5.97 Å². The molecule has 1 aliphatic heterocycles. The van der Waals surface area contributed by atoms with Gasteiger partial charge in [0.25, 0.3) is 0 Å². The minimum Gasteiger partial charge on any atom is -0.478 e. The summed E-state index contributed by atoms with van der Waals surface area (Å²) in [5.74, 6) is -0.984. The Morgan fingerprint density at radius 1 is 1.37 bits per heavy atom. The van der Waals surface area contributed by atoms with E-state index in [1.54, 1.807) is 12.1 Å². The van der Waals surface area contributed by atoms with Crippen LogP contribution in [-0.2, 0) is 0 Å². The number of likely N-dealkylation sites (N-methyl/N-ethyl adjacent to an activating group) is 1. The van der Waals surface area contributed by atoms with Gasteiger partial charge in [-0.05, 0) is 39.1 Å². The maximum atomic E-state index is 11.0. The van der Waals surface area contributed by atoms with Crippen LogP contribution in [0.3, 0.4) is 0 Å². The first kappa shape index (κ1) is 13.7. The van der Waals surface area contributed by atoms with E-state index in [9.17, 15) is 4.79 Å². The van der Waals surface area contributed by atoms with Gasteiger partial charge in [-0.1, -0.05) is 0 Å². The average Bonchev–Trinajstić information content (AvgIpc) is 2.32. The van der Waals surface area contributed by atoms with E-state index in [0.717, 1.165) is 25.3 Å². The Balaban J connectivity index is 2.24. The third kappa shape index (κ3) is 2.66. The van der Waals surface area contributed by atoms with Gasteiger partial charge in [0.15, 0.2) is 0 Å². The molecule has 1 aromatic carbocycles. The molecular formula is C14H21N3O2. The maximum absolute atomic E-state index is 11.0. The number of piperazine rings is 1. The smallest absolute Gasteiger partial charge is 0.337 e. The molecule has 0 spiro atoms. The van der Waals surface area contributed by atoms with Gasteiger partial charge in [0.05, 0.1) is 5.56 Å². The molecule has 0 atom stereocenters. The fourth-order valence-corrected chi connectivity index (χ4v) is 2.40. The van der Waals surface area contributed by atoms with Crippen molar-refractivity contribution in [1.82, 2.24) is 4.90 Å². The number of aromatic carboxylic acids is 1. The van der Waals surface area contributed by atoms with E-state index >= 15 is 0 Å². The zero-order valence-corrected chi connectivity index (χ0v) is 11.7. The van der Waals surface area contributed by atoms with Crippen LogP contribution in [0.25, 0.3) is 0 Å². The van der Waals surface area contributed by atoms with E-state index in [1.165, 1.54) is 0 Å². The molecule has 3 N–H and O–H groups in total. The van der Waals surface area contributed by atoms with Crippen molar-refractivity contribution >= 4 is 17.3 Å². The van der Waals surface area contributed by atoms with E-state index in [2.05, 4.69) is 30.7 Å². The number of nitrogens with zero attached hydrogens (tertiary/aromatic N) is 2. The fraction of sp³-hybridized carbons (Fsp3) is 0.500. The van der Waals surface area contributed by atoms with Crippen LogP contribution in [0.4, 0.5) is 11.4 Å². The number of benzene rings is 1. The predicted octanol–water partition coefficient (Wildman–Crippen LogP) is 1.50. The monoisotopic (exact) mass is 263 g/mol. The van der Waals surface area contributed by atoms with E-state index in [0.29, 0.717) is 5.69 Å². The lowest BCUT2D eigenvalue weighted by atomic mass is 9.99. The van der Waals surface area contributed by atoms with Gasteiger partial charge in [0.1, 0.15) is 0 Å². The third-order valence-electron chi connectivity index (χ3n) is 3.95.